The first-order valence-corrected chi connectivity index (χ1v) is 20.1. The van der Waals surface area contributed by atoms with Gasteiger partial charge in [-0.05, 0) is 74.6 Å². The lowest BCUT2D eigenvalue weighted by atomic mass is 9.92. The number of halogens is 1. The molecule has 5 aromatic rings. The molecule has 58 heavy (non-hydrogen) atoms. The Kier molecular flexibility index (Phi) is 11.0. The zero-order valence-corrected chi connectivity index (χ0v) is 33.9. The van der Waals surface area contributed by atoms with Crippen molar-refractivity contribution in [3.05, 3.63) is 69.7 Å². The van der Waals surface area contributed by atoms with Crippen molar-refractivity contribution in [2.24, 2.45) is 20.0 Å². The van der Waals surface area contributed by atoms with E-state index in [-0.39, 0.29) is 35.6 Å². The van der Waals surface area contributed by atoms with Crippen molar-refractivity contribution in [2.45, 2.75) is 44.6 Å². The number of ether oxygens (including phenoxy) is 1. The molecule has 0 saturated carbocycles. The Hall–Kier alpha value is -5.74. The Labute approximate surface area is 340 Å². The first kappa shape index (κ1) is 39.1. The summed E-state index contributed by atoms with van der Waals surface area (Å²) in [7, 11) is 5.09. The van der Waals surface area contributed by atoms with Crippen LogP contribution in [-0.4, -0.2) is 106 Å². The van der Waals surface area contributed by atoms with Gasteiger partial charge in [0.2, 0.25) is 17.8 Å². The molecular weight excluding hydrogens is 762 g/mol. The van der Waals surface area contributed by atoms with Crippen LogP contribution in [0, 0.1) is 5.92 Å². The molecular formula is C41H48ClN11O5. The van der Waals surface area contributed by atoms with Crippen molar-refractivity contribution in [3.63, 3.8) is 0 Å². The van der Waals surface area contributed by atoms with Crippen LogP contribution in [0.4, 0.5) is 23.1 Å². The molecule has 17 heteroatoms. The highest BCUT2D eigenvalue weighted by Gasteiger charge is 2.33. The van der Waals surface area contributed by atoms with Gasteiger partial charge in [-0.15, -0.1) is 0 Å². The fraction of sp³-hybridized carbons (Fsp3) is 0.439. The largest absolute Gasteiger partial charge is 0.478 e. The van der Waals surface area contributed by atoms with E-state index in [0.717, 1.165) is 85.5 Å². The van der Waals surface area contributed by atoms with Crippen LogP contribution in [0.15, 0.2) is 53.5 Å². The first-order chi connectivity index (χ1) is 27.9. The maximum Gasteiger partial charge on any atom is 0.293 e. The van der Waals surface area contributed by atoms with Gasteiger partial charge in [0, 0.05) is 95.0 Å². The Morgan fingerprint density at radius 1 is 0.983 bits per heavy atom. The van der Waals surface area contributed by atoms with Crippen LogP contribution in [0.25, 0.3) is 21.8 Å². The third kappa shape index (κ3) is 7.90. The lowest BCUT2D eigenvalue weighted by Crippen LogP contribution is -2.54. The van der Waals surface area contributed by atoms with Gasteiger partial charge in [-0.25, -0.2) is 4.98 Å². The van der Waals surface area contributed by atoms with Crippen molar-refractivity contribution in [2.75, 3.05) is 68.0 Å². The number of pyridine rings is 1. The number of likely N-dealkylation sites (N-methyl/N-ethyl adjacent to an activating group) is 1. The molecule has 304 valence electrons. The highest BCUT2D eigenvalue weighted by molar-refractivity contribution is 6.33. The number of amides is 3. The van der Waals surface area contributed by atoms with E-state index in [1.165, 1.54) is 11.6 Å². The quantitative estimate of drug-likeness (QED) is 0.175. The molecule has 3 aromatic heterocycles. The third-order valence-electron chi connectivity index (χ3n) is 11.8. The van der Waals surface area contributed by atoms with Gasteiger partial charge >= 0.3 is 0 Å². The summed E-state index contributed by atoms with van der Waals surface area (Å²) < 4.78 is 8.86. The molecule has 0 radical (unpaired) electrons. The number of carbonyl (C=O) groups is 3. The molecule has 0 bridgehead atoms. The number of piperazine rings is 1. The summed E-state index contributed by atoms with van der Waals surface area (Å²) in [6.07, 6.45) is 4.63. The molecule has 8 rings (SSSR count). The van der Waals surface area contributed by atoms with Gasteiger partial charge in [0.25, 0.3) is 11.5 Å². The van der Waals surface area contributed by atoms with E-state index in [0.29, 0.717) is 47.1 Å². The molecule has 3 fully saturated rings. The predicted molar refractivity (Wildman–Crippen MR) is 223 cm³/mol. The number of nitrogens with one attached hydrogen (secondary N) is 3. The molecule has 3 amide bonds. The van der Waals surface area contributed by atoms with Crippen molar-refractivity contribution in [3.8, 4) is 5.75 Å². The van der Waals surface area contributed by atoms with Gasteiger partial charge in [0.05, 0.1) is 28.8 Å². The summed E-state index contributed by atoms with van der Waals surface area (Å²) in [6, 6.07) is 13.9. The fourth-order valence-corrected chi connectivity index (χ4v) is 8.56. The second-order valence-corrected chi connectivity index (χ2v) is 15.9. The van der Waals surface area contributed by atoms with Gasteiger partial charge in [-0.2, -0.15) is 10.1 Å². The van der Waals surface area contributed by atoms with Crippen LogP contribution in [-0.2, 0) is 28.5 Å². The standard InChI is InChI=1S/C41H48ClN11O5/c1-24-21-53(41-44-20-31(42)38(47-41)45-27-5-9-32-26(17-27)18-34(40(57)49(32)3)58-23-36(55)43-2)16-15-52(24)22-25-11-13-51(14-12-25)28-6-7-29-33(19-28)50(4)48-37(29)30-8-10-35(54)46-39(30)56/h5-7,9,17-20,24-25,30H,8,10-16,21-23H2,1-4H3,(H,43,55)(H,44,45,47)(H,46,54,56)/t24-,30?/m0/s1. The summed E-state index contributed by atoms with van der Waals surface area (Å²) in [5.74, 6) is 0.527. The lowest BCUT2D eigenvalue weighted by Gasteiger charge is -2.43. The van der Waals surface area contributed by atoms with Gasteiger partial charge in [0.1, 0.15) is 5.02 Å². The molecule has 3 N–H and O–H groups in total. The highest BCUT2D eigenvalue weighted by Crippen LogP contribution is 2.34. The first-order valence-electron chi connectivity index (χ1n) is 19.8. The van der Waals surface area contributed by atoms with Crippen molar-refractivity contribution in [1.82, 2.24) is 39.8 Å². The van der Waals surface area contributed by atoms with Gasteiger partial charge in [0.15, 0.2) is 18.2 Å². The molecule has 3 aliphatic rings. The number of piperidine rings is 2. The predicted octanol–water partition coefficient (Wildman–Crippen LogP) is 3.68. The van der Waals surface area contributed by atoms with Crippen LogP contribution in [0.2, 0.25) is 5.02 Å². The van der Waals surface area contributed by atoms with E-state index in [1.807, 2.05) is 29.9 Å². The van der Waals surface area contributed by atoms with E-state index >= 15 is 0 Å². The minimum absolute atomic E-state index is 0.0837. The molecule has 1 unspecified atom stereocenters. The van der Waals surface area contributed by atoms with Gasteiger partial charge in [-0.3, -0.25) is 34.1 Å². The maximum atomic E-state index is 12.8. The van der Waals surface area contributed by atoms with Gasteiger partial charge < -0.3 is 29.7 Å². The average Bonchev–Trinajstić information content (AvgIpc) is 3.55. The number of aromatic nitrogens is 5. The molecule has 2 atom stereocenters. The number of fused-ring (bicyclic) bond motifs is 2. The molecule has 6 heterocycles. The summed E-state index contributed by atoms with van der Waals surface area (Å²) in [5.41, 5.74) is 3.98. The number of anilines is 4. The summed E-state index contributed by atoms with van der Waals surface area (Å²) in [6.45, 7) is 7.46. The van der Waals surface area contributed by atoms with Gasteiger partial charge in [-0.1, -0.05) is 11.6 Å². The van der Waals surface area contributed by atoms with Crippen molar-refractivity contribution < 1.29 is 19.1 Å². The third-order valence-corrected chi connectivity index (χ3v) is 12.1. The topological polar surface area (TPSA) is 172 Å². The van der Waals surface area contributed by atoms with E-state index in [1.54, 1.807) is 19.3 Å². The Morgan fingerprint density at radius 2 is 1.79 bits per heavy atom. The fourth-order valence-electron chi connectivity index (χ4n) is 8.42. The van der Waals surface area contributed by atoms with E-state index < -0.39 is 5.92 Å². The number of carbonyl (C=O) groups excluding carboxylic acids is 3. The number of aryl methyl sites for hydroxylation is 2. The minimum Gasteiger partial charge on any atom is -0.478 e. The molecule has 0 spiro atoms. The average molecular weight is 810 g/mol. The smallest absolute Gasteiger partial charge is 0.293 e. The molecule has 3 saturated heterocycles. The Balaban J connectivity index is 0.867. The van der Waals surface area contributed by atoms with Crippen molar-refractivity contribution in [1.29, 1.82) is 0 Å². The second-order valence-electron chi connectivity index (χ2n) is 15.5. The second kappa shape index (κ2) is 16.3. The summed E-state index contributed by atoms with van der Waals surface area (Å²) in [4.78, 5) is 65.5. The van der Waals surface area contributed by atoms with E-state index in [2.05, 4.69) is 60.8 Å². The monoisotopic (exact) mass is 809 g/mol. The Bertz CT molecular complexity index is 2460. The molecule has 16 nitrogen and oxygen atoms in total. The van der Waals surface area contributed by atoms with Crippen LogP contribution in [0.1, 0.15) is 44.2 Å². The maximum absolute atomic E-state index is 12.8. The minimum atomic E-state index is -0.414. The number of hydrogen-bond acceptors (Lipinski definition) is 12. The Morgan fingerprint density at radius 3 is 2.55 bits per heavy atom. The van der Waals surface area contributed by atoms with E-state index in [4.69, 9.17) is 26.4 Å². The summed E-state index contributed by atoms with van der Waals surface area (Å²) >= 11 is 6.59. The van der Waals surface area contributed by atoms with Crippen LogP contribution < -0.4 is 36.0 Å². The number of nitrogens with zero attached hydrogens (tertiary/aromatic N) is 8. The molecule has 3 aliphatic heterocycles. The SMILES string of the molecule is CNC(=O)COc1cc2cc(Nc3nc(N4CCN(CC5CCN(c6ccc7c(C8CCC(=O)NC8=O)nn(C)c7c6)CC5)[C@@H](C)C4)ncc3Cl)ccc2n(C)c1=O. The number of hydrogen-bond donors (Lipinski definition) is 3. The lowest BCUT2D eigenvalue weighted by molar-refractivity contribution is -0.134. The normalized spacial score (nSPS) is 19.5. The number of rotatable bonds is 10. The zero-order chi connectivity index (χ0) is 40.7. The molecule has 0 aliphatic carbocycles. The highest BCUT2D eigenvalue weighted by atomic mass is 35.5. The zero-order valence-electron chi connectivity index (χ0n) is 33.1. The number of imide groups is 1. The van der Waals surface area contributed by atoms with Crippen LogP contribution in [0.3, 0.4) is 0 Å². The molecule has 2 aromatic carbocycles. The number of benzene rings is 2. The van der Waals surface area contributed by atoms with E-state index in [9.17, 15) is 19.2 Å². The van der Waals surface area contributed by atoms with Crippen molar-refractivity contribution >= 4 is 74.3 Å². The van der Waals surface area contributed by atoms with Crippen LogP contribution in [0.5, 0.6) is 5.75 Å². The summed E-state index contributed by atoms with van der Waals surface area (Å²) in [5, 5.41) is 15.1. The van der Waals surface area contributed by atoms with Crippen LogP contribution >= 0.6 is 11.6 Å².